The van der Waals surface area contributed by atoms with E-state index in [2.05, 4.69) is 10.2 Å². The summed E-state index contributed by atoms with van der Waals surface area (Å²) in [4.78, 5) is 16.2. The molecule has 134 valence electrons. The van der Waals surface area contributed by atoms with Crippen LogP contribution in [0, 0.1) is 23.0 Å². The second kappa shape index (κ2) is 7.83. The van der Waals surface area contributed by atoms with Gasteiger partial charge in [0.1, 0.15) is 5.69 Å². The number of para-hydroxylation sites is 1. The molecular formula is C19H18F2N4O. The number of hydrogen-bond acceptors (Lipinski definition) is 4. The molecule has 1 fully saturated rings. The van der Waals surface area contributed by atoms with Crippen LogP contribution in [0.5, 0.6) is 0 Å². The first-order valence-corrected chi connectivity index (χ1v) is 8.29. The van der Waals surface area contributed by atoms with E-state index >= 15 is 0 Å². The van der Waals surface area contributed by atoms with E-state index in [1.807, 2.05) is 30.3 Å². The van der Waals surface area contributed by atoms with Crippen LogP contribution in [0.4, 0.5) is 20.2 Å². The monoisotopic (exact) mass is 356 g/mol. The summed E-state index contributed by atoms with van der Waals surface area (Å²) >= 11 is 0. The quantitative estimate of drug-likeness (QED) is 0.915. The van der Waals surface area contributed by atoms with Gasteiger partial charge in [0.2, 0.25) is 5.91 Å². The molecule has 1 amide bonds. The summed E-state index contributed by atoms with van der Waals surface area (Å²) in [6.45, 7) is 2.30. The van der Waals surface area contributed by atoms with E-state index in [1.165, 1.54) is 0 Å². The molecule has 0 radical (unpaired) electrons. The lowest BCUT2D eigenvalue weighted by Crippen LogP contribution is -2.50. The van der Waals surface area contributed by atoms with Crippen LogP contribution in [0.1, 0.15) is 5.56 Å². The molecule has 2 aromatic rings. The van der Waals surface area contributed by atoms with Gasteiger partial charge in [-0.25, -0.2) is 8.78 Å². The van der Waals surface area contributed by atoms with Crippen LogP contribution >= 0.6 is 0 Å². The van der Waals surface area contributed by atoms with Crippen molar-refractivity contribution in [3.8, 4) is 6.07 Å². The molecule has 2 aromatic carbocycles. The van der Waals surface area contributed by atoms with Gasteiger partial charge in [-0.1, -0.05) is 18.2 Å². The average molecular weight is 356 g/mol. The standard InChI is InChI=1S/C19H18F2N4O/c20-16-10-14(12-22)11-17(21)19(16)23-13-18(26)25-8-6-24(7-9-25)15-4-2-1-3-5-15/h1-5,10-11,23H,6-9,13H2. The highest BCUT2D eigenvalue weighted by atomic mass is 19.1. The van der Waals surface area contributed by atoms with Gasteiger partial charge in [0.15, 0.2) is 11.6 Å². The van der Waals surface area contributed by atoms with Gasteiger partial charge in [-0.2, -0.15) is 5.26 Å². The number of anilines is 2. The lowest BCUT2D eigenvalue weighted by atomic mass is 10.2. The summed E-state index contributed by atoms with van der Waals surface area (Å²) < 4.78 is 27.7. The Morgan fingerprint density at radius 2 is 1.69 bits per heavy atom. The average Bonchev–Trinajstić information content (AvgIpc) is 2.67. The molecule has 1 aliphatic heterocycles. The van der Waals surface area contributed by atoms with Crippen LogP contribution < -0.4 is 10.2 Å². The van der Waals surface area contributed by atoms with Crippen molar-refractivity contribution in [2.75, 3.05) is 42.9 Å². The van der Waals surface area contributed by atoms with Gasteiger partial charge in [-0.15, -0.1) is 0 Å². The molecule has 0 atom stereocenters. The van der Waals surface area contributed by atoms with E-state index < -0.39 is 11.6 Å². The number of piperazine rings is 1. The number of nitrogens with one attached hydrogen (secondary N) is 1. The van der Waals surface area contributed by atoms with Gasteiger partial charge in [0.05, 0.1) is 18.2 Å². The van der Waals surface area contributed by atoms with Crippen molar-refractivity contribution in [1.29, 1.82) is 5.26 Å². The Balaban J connectivity index is 1.55. The minimum atomic E-state index is -0.886. The molecule has 1 aliphatic rings. The molecule has 0 bridgehead atoms. The Bertz CT molecular complexity index is 804. The highest BCUT2D eigenvalue weighted by Crippen LogP contribution is 2.20. The third kappa shape index (κ3) is 3.91. The number of carbonyl (C=O) groups is 1. The van der Waals surface area contributed by atoms with Crippen LogP contribution in [0.2, 0.25) is 0 Å². The van der Waals surface area contributed by atoms with E-state index in [9.17, 15) is 13.6 Å². The number of nitrogens with zero attached hydrogens (tertiary/aromatic N) is 3. The van der Waals surface area contributed by atoms with Crippen LogP contribution in [0.15, 0.2) is 42.5 Å². The number of amides is 1. The Hall–Kier alpha value is -3.14. The van der Waals surface area contributed by atoms with Crippen LogP contribution in [-0.4, -0.2) is 43.5 Å². The van der Waals surface area contributed by atoms with E-state index in [0.29, 0.717) is 26.2 Å². The fraction of sp³-hybridized carbons (Fsp3) is 0.263. The number of benzene rings is 2. The van der Waals surface area contributed by atoms with Crippen molar-refractivity contribution >= 4 is 17.3 Å². The molecular weight excluding hydrogens is 338 g/mol. The number of halogens is 2. The maximum Gasteiger partial charge on any atom is 0.241 e. The number of hydrogen-bond donors (Lipinski definition) is 1. The SMILES string of the molecule is N#Cc1cc(F)c(NCC(=O)N2CCN(c3ccccc3)CC2)c(F)c1. The minimum Gasteiger partial charge on any atom is -0.371 e. The summed E-state index contributed by atoms with van der Waals surface area (Å²) in [6.07, 6.45) is 0. The van der Waals surface area contributed by atoms with Crippen molar-refractivity contribution in [1.82, 2.24) is 4.90 Å². The summed E-state index contributed by atoms with van der Waals surface area (Å²) in [7, 11) is 0. The van der Waals surface area contributed by atoms with E-state index in [1.54, 1.807) is 11.0 Å². The third-order valence-corrected chi connectivity index (χ3v) is 4.34. The van der Waals surface area contributed by atoms with Gasteiger partial charge < -0.3 is 15.1 Å². The summed E-state index contributed by atoms with van der Waals surface area (Å²) in [6, 6.07) is 13.5. The topological polar surface area (TPSA) is 59.4 Å². The van der Waals surface area contributed by atoms with Crippen LogP contribution in [0.3, 0.4) is 0 Å². The lowest BCUT2D eigenvalue weighted by molar-refractivity contribution is -0.129. The summed E-state index contributed by atoms with van der Waals surface area (Å²) in [5, 5.41) is 11.2. The molecule has 26 heavy (non-hydrogen) atoms. The molecule has 1 saturated heterocycles. The van der Waals surface area contributed by atoms with Gasteiger partial charge in [-0.3, -0.25) is 4.79 Å². The molecule has 0 aliphatic carbocycles. The lowest BCUT2D eigenvalue weighted by Gasteiger charge is -2.36. The molecule has 5 nitrogen and oxygen atoms in total. The van der Waals surface area contributed by atoms with Gasteiger partial charge in [0, 0.05) is 31.9 Å². The van der Waals surface area contributed by atoms with E-state index in [-0.39, 0.29) is 23.7 Å². The van der Waals surface area contributed by atoms with E-state index in [0.717, 1.165) is 17.8 Å². The van der Waals surface area contributed by atoms with Crippen molar-refractivity contribution < 1.29 is 13.6 Å². The molecule has 0 unspecified atom stereocenters. The highest BCUT2D eigenvalue weighted by Gasteiger charge is 2.21. The predicted octanol–water partition coefficient (Wildman–Crippen LogP) is 2.60. The fourth-order valence-electron chi connectivity index (χ4n) is 2.94. The normalized spacial score (nSPS) is 14.0. The zero-order valence-corrected chi connectivity index (χ0v) is 14.1. The Labute approximate surface area is 150 Å². The zero-order valence-electron chi connectivity index (χ0n) is 14.1. The van der Waals surface area contributed by atoms with Gasteiger partial charge >= 0.3 is 0 Å². The molecule has 1 heterocycles. The number of carbonyl (C=O) groups excluding carboxylic acids is 1. The van der Waals surface area contributed by atoms with Crippen LogP contribution in [0.25, 0.3) is 0 Å². The first-order valence-electron chi connectivity index (χ1n) is 8.29. The Morgan fingerprint density at radius 1 is 1.08 bits per heavy atom. The van der Waals surface area contributed by atoms with Crippen molar-refractivity contribution in [3.05, 3.63) is 59.7 Å². The van der Waals surface area contributed by atoms with Crippen molar-refractivity contribution in [2.45, 2.75) is 0 Å². The summed E-state index contributed by atoms with van der Waals surface area (Å²) in [5.41, 5.74) is 0.619. The maximum atomic E-state index is 13.8. The first-order chi connectivity index (χ1) is 12.6. The smallest absolute Gasteiger partial charge is 0.241 e. The Kier molecular flexibility index (Phi) is 5.32. The molecule has 7 heteroatoms. The van der Waals surface area contributed by atoms with Gasteiger partial charge in [0.25, 0.3) is 0 Å². The van der Waals surface area contributed by atoms with E-state index in [4.69, 9.17) is 5.26 Å². The molecule has 0 saturated carbocycles. The minimum absolute atomic E-state index is 0.103. The van der Waals surface area contributed by atoms with Crippen LogP contribution in [-0.2, 0) is 4.79 Å². The molecule has 3 rings (SSSR count). The second-order valence-corrected chi connectivity index (χ2v) is 5.98. The number of nitriles is 1. The second-order valence-electron chi connectivity index (χ2n) is 5.98. The third-order valence-electron chi connectivity index (χ3n) is 4.34. The largest absolute Gasteiger partial charge is 0.371 e. The zero-order chi connectivity index (χ0) is 18.5. The van der Waals surface area contributed by atoms with Crippen molar-refractivity contribution in [3.63, 3.8) is 0 Å². The maximum absolute atomic E-state index is 13.8. The molecule has 0 aromatic heterocycles. The summed E-state index contributed by atoms with van der Waals surface area (Å²) in [5.74, 6) is -1.99. The van der Waals surface area contributed by atoms with Gasteiger partial charge in [-0.05, 0) is 24.3 Å². The number of rotatable bonds is 4. The Morgan fingerprint density at radius 3 is 2.27 bits per heavy atom. The first kappa shape index (κ1) is 17.7. The fourth-order valence-corrected chi connectivity index (χ4v) is 2.94. The predicted molar refractivity (Wildman–Crippen MR) is 94.8 cm³/mol. The van der Waals surface area contributed by atoms with Crippen molar-refractivity contribution in [2.24, 2.45) is 0 Å². The highest BCUT2D eigenvalue weighted by molar-refractivity contribution is 5.81. The molecule has 0 spiro atoms. The molecule has 1 N–H and O–H groups in total.